The van der Waals surface area contributed by atoms with Crippen LogP contribution in [0.5, 0.6) is 5.75 Å². The summed E-state index contributed by atoms with van der Waals surface area (Å²) in [6.45, 7) is 1.97. The molecule has 2 aliphatic heterocycles. The van der Waals surface area contributed by atoms with E-state index in [4.69, 9.17) is 4.74 Å². The molecule has 7 heteroatoms. The molecule has 1 aromatic carbocycles. The standard InChI is InChI=1S/C19H23FN4O2/c20-14-5-6-18-15(11-14)17(4-2-10-26-18)22-19(25)24-9-1-3-13(12-24)16-7-8-21-23-16/h5-8,11,13,17H,1-4,9-10,12H2,(H,21,23)(H,22,25). The number of ether oxygens (including phenoxy) is 1. The molecule has 0 radical (unpaired) electrons. The quantitative estimate of drug-likeness (QED) is 0.865. The van der Waals surface area contributed by atoms with Crippen LogP contribution in [0.1, 0.15) is 48.9 Å². The van der Waals surface area contributed by atoms with Crippen molar-refractivity contribution in [3.8, 4) is 5.75 Å². The number of H-pyrrole nitrogens is 1. The van der Waals surface area contributed by atoms with Crippen LogP contribution in [0, 0.1) is 5.82 Å². The smallest absolute Gasteiger partial charge is 0.317 e. The van der Waals surface area contributed by atoms with Crippen molar-refractivity contribution in [2.24, 2.45) is 0 Å². The molecule has 1 aromatic heterocycles. The van der Waals surface area contributed by atoms with Gasteiger partial charge in [0.05, 0.1) is 12.6 Å². The highest BCUT2D eigenvalue weighted by Gasteiger charge is 2.28. The van der Waals surface area contributed by atoms with Crippen molar-refractivity contribution in [2.45, 2.75) is 37.6 Å². The third-order valence-corrected chi connectivity index (χ3v) is 5.21. The topological polar surface area (TPSA) is 70.2 Å². The first-order chi connectivity index (χ1) is 12.7. The first-order valence-electron chi connectivity index (χ1n) is 9.17. The molecular weight excluding hydrogens is 335 g/mol. The zero-order valence-corrected chi connectivity index (χ0v) is 14.6. The van der Waals surface area contributed by atoms with E-state index >= 15 is 0 Å². The van der Waals surface area contributed by atoms with Gasteiger partial charge in [-0.3, -0.25) is 5.10 Å². The number of piperidine rings is 1. The summed E-state index contributed by atoms with van der Waals surface area (Å²) < 4.78 is 19.4. The van der Waals surface area contributed by atoms with Crippen LogP contribution in [-0.2, 0) is 0 Å². The second-order valence-corrected chi connectivity index (χ2v) is 6.97. The number of halogens is 1. The lowest BCUT2D eigenvalue weighted by atomic mass is 9.95. The van der Waals surface area contributed by atoms with E-state index in [1.165, 1.54) is 12.1 Å². The van der Waals surface area contributed by atoms with Crippen LogP contribution in [-0.4, -0.2) is 40.8 Å². The van der Waals surface area contributed by atoms with Gasteiger partial charge in [0.2, 0.25) is 0 Å². The summed E-state index contributed by atoms with van der Waals surface area (Å²) in [6, 6.07) is 6.13. The fourth-order valence-corrected chi connectivity index (χ4v) is 3.85. The number of fused-ring (bicyclic) bond motifs is 1. The van der Waals surface area contributed by atoms with E-state index in [0.29, 0.717) is 18.9 Å². The van der Waals surface area contributed by atoms with Crippen molar-refractivity contribution in [3.63, 3.8) is 0 Å². The summed E-state index contributed by atoms with van der Waals surface area (Å²) in [7, 11) is 0. The Bertz CT molecular complexity index is 765. The molecule has 2 atom stereocenters. The first kappa shape index (κ1) is 16.9. The normalized spacial score (nSPS) is 22.9. The zero-order chi connectivity index (χ0) is 17.9. The van der Waals surface area contributed by atoms with E-state index in [1.807, 2.05) is 11.0 Å². The molecule has 0 bridgehead atoms. The maximum absolute atomic E-state index is 13.7. The Morgan fingerprint density at radius 3 is 3.08 bits per heavy atom. The Hall–Kier alpha value is -2.57. The molecule has 4 rings (SSSR count). The van der Waals surface area contributed by atoms with E-state index in [-0.39, 0.29) is 23.8 Å². The predicted molar refractivity (Wildman–Crippen MR) is 94.5 cm³/mol. The van der Waals surface area contributed by atoms with Crippen molar-refractivity contribution in [3.05, 3.63) is 47.5 Å². The molecule has 138 valence electrons. The van der Waals surface area contributed by atoms with Gasteiger partial charge in [-0.15, -0.1) is 0 Å². The highest BCUT2D eigenvalue weighted by atomic mass is 19.1. The molecule has 1 saturated heterocycles. The number of aromatic nitrogens is 2. The van der Waals surface area contributed by atoms with E-state index < -0.39 is 0 Å². The summed E-state index contributed by atoms with van der Waals surface area (Å²) >= 11 is 0. The molecule has 2 aliphatic rings. The zero-order valence-electron chi connectivity index (χ0n) is 14.6. The lowest BCUT2D eigenvalue weighted by Crippen LogP contribution is -2.46. The summed E-state index contributed by atoms with van der Waals surface area (Å²) in [6.07, 6.45) is 5.29. The average molecular weight is 358 g/mol. The number of urea groups is 1. The maximum atomic E-state index is 13.7. The number of hydrogen-bond acceptors (Lipinski definition) is 3. The summed E-state index contributed by atoms with van der Waals surface area (Å²) in [5.74, 6) is 0.619. The van der Waals surface area contributed by atoms with Gasteiger partial charge in [0, 0.05) is 36.5 Å². The number of hydrogen-bond donors (Lipinski definition) is 2. The van der Waals surface area contributed by atoms with E-state index in [1.54, 1.807) is 12.3 Å². The number of carbonyl (C=O) groups excluding carboxylic acids is 1. The molecule has 0 aliphatic carbocycles. The number of nitrogens with zero attached hydrogens (tertiary/aromatic N) is 2. The van der Waals surface area contributed by atoms with E-state index in [2.05, 4.69) is 15.5 Å². The molecular formula is C19H23FN4O2. The monoisotopic (exact) mass is 358 g/mol. The minimum Gasteiger partial charge on any atom is -0.493 e. The third kappa shape index (κ3) is 3.52. The number of nitrogens with one attached hydrogen (secondary N) is 2. The Morgan fingerprint density at radius 2 is 2.23 bits per heavy atom. The van der Waals surface area contributed by atoms with E-state index in [0.717, 1.165) is 43.5 Å². The Balaban J connectivity index is 1.47. The number of aromatic amines is 1. The van der Waals surface area contributed by atoms with Gasteiger partial charge in [0.25, 0.3) is 0 Å². The summed E-state index contributed by atoms with van der Waals surface area (Å²) in [4.78, 5) is 14.7. The SMILES string of the molecule is O=C(NC1CCCOc2ccc(F)cc21)N1CCCC(c2ccn[nH]2)C1. The molecule has 0 saturated carbocycles. The van der Waals surface area contributed by atoms with Crippen LogP contribution in [0.4, 0.5) is 9.18 Å². The Kier molecular flexibility index (Phi) is 4.77. The van der Waals surface area contributed by atoms with Gasteiger partial charge in [0.1, 0.15) is 11.6 Å². The number of rotatable bonds is 2. The van der Waals surface area contributed by atoms with Gasteiger partial charge in [0.15, 0.2) is 0 Å². The van der Waals surface area contributed by atoms with Gasteiger partial charge in [-0.2, -0.15) is 5.10 Å². The van der Waals surface area contributed by atoms with Crippen LogP contribution >= 0.6 is 0 Å². The van der Waals surface area contributed by atoms with Crippen molar-refractivity contribution in [1.29, 1.82) is 0 Å². The van der Waals surface area contributed by atoms with Gasteiger partial charge in [-0.1, -0.05) is 0 Å². The summed E-state index contributed by atoms with van der Waals surface area (Å²) in [5.41, 5.74) is 1.79. The van der Waals surface area contributed by atoms with Gasteiger partial charge < -0.3 is 15.0 Å². The second-order valence-electron chi connectivity index (χ2n) is 6.97. The first-order valence-corrected chi connectivity index (χ1v) is 9.17. The second kappa shape index (κ2) is 7.35. The van der Waals surface area contributed by atoms with Crippen molar-refractivity contribution < 1.29 is 13.9 Å². The Labute approximate surface area is 151 Å². The number of benzene rings is 1. The molecule has 2 aromatic rings. The molecule has 2 N–H and O–H groups in total. The molecule has 2 amide bonds. The number of carbonyl (C=O) groups is 1. The lowest BCUT2D eigenvalue weighted by Gasteiger charge is -2.33. The molecule has 2 unspecified atom stereocenters. The fraction of sp³-hybridized carbons (Fsp3) is 0.474. The number of likely N-dealkylation sites (tertiary alicyclic amines) is 1. The minimum atomic E-state index is -0.314. The maximum Gasteiger partial charge on any atom is 0.317 e. The van der Waals surface area contributed by atoms with Crippen LogP contribution in [0.2, 0.25) is 0 Å². The predicted octanol–water partition coefficient (Wildman–Crippen LogP) is 3.35. The van der Waals surface area contributed by atoms with Crippen LogP contribution < -0.4 is 10.1 Å². The van der Waals surface area contributed by atoms with Crippen LogP contribution in [0.3, 0.4) is 0 Å². The molecule has 26 heavy (non-hydrogen) atoms. The van der Waals surface area contributed by atoms with Crippen molar-refractivity contribution in [2.75, 3.05) is 19.7 Å². The summed E-state index contributed by atoms with van der Waals surface area (Å²) in [5, 5.41) is 10.1. The highest BCUT2D eigenvalue weighted by molar-refractivity contribution is 5.75. The fourth-order valence-electron chi connectivity index (χ4n) is 3.85. The highest BCUT2D eigenvalue weighted by Crippen LogP contribution is 2.32. The average Bonchev–Trinajstić information content (AvgIpc) is 3.13. The molecule has 6 nitrogen and oxygen atoms in total. The van der Waals surface area contributed by atoms with E-state index in [9.17, 15) is 9.18 Å². The Morgan fingerprint density at radius 1 is 1.31 bits per heavy atom. The third-order valence-electron chi connectivity index (χ3n) is 5.21. The molecule has 0 spiro atoms. The molecule has 3 heterocycles. The van der Waals surface area contributed by atoms with Crippen molar-refractivity contribution >= 4 is 6.03 Å². The van der Waals surface area contributed by atoms with Gasteiger partial charge in [-0.25, -0.2) is 9.18 Å². The van der Waals surface area contributed by atoms with Gasteiger partial charge >= 0.3 is 6.03 Å². The number of amides is 2. The van der Waals surface area contributed by atoms with Crippen LogP contribution in [0.25, 0.3) is 0 Å². The van der Waals surface area contributed by atoms with Crippen LogP contribution in [0.15, 0.2) is 30.5 Å². The van der Waals surface area contributed by atoms with Crippen molar-refractivity contribution in [1.82, 2.24) is 20.4 Å². The van der Waals surface area contributed by atoms with Gasteiger partial charge in [-0.05, 0) is 49.9 Å². The minimum absolute atomic E-state index is 0.101. The molecule has 1 fully saturated rings. The largest absolute Gasteiger partial charge is 0.493 e. The lowest BCUT2D eigenvalue weighted by molar-refractivity contribution is 0.174.